The Bertz CT molecular complexity index is 4610. The molecule has 8 aliphatic rings. The smallest absolute Gasteiger partial charge is 0.234 e. The van der Waals surface area contributed by atoms with Gasteiger partial charge in [-0.15, -0.1) is 0 Å². The van der Waals surface area contributed by atoms with E-state index in [1.165, 1.54) is 0 Å². The lowest BCUT2D eigenvalue weighted by atomic mass is 9.77. The summed E-state index contributed by atoms with van der Waals surface area (Å²) in [7, 11) is 6.37. The van der Waals surface area contributed by atoms with E-state index in [0.29, 0.717) is 125 Å². The third kappa shape index (κ3) is 20.6. The van der Waals surface area contributed by atoms with Crippen molar-refractivity contribution >= 4 is 90.5 Å². The second kappa shape index (κ2) is 39.1. The minimum Gasteiger partial charge on any atom is -0.379 e. The van der Waals surface area contributed by atoms with Gasteiger partial charge in [0.25, 0.3) is 0 Å². The number of anilines is 4. The van der Waals surface area contributed by atoms with Gasteiger partial charge >= 0.3 is 0 Å². The number of ether oxygens (including phenoxy) is 1. The second-order valence-corrected chi connectivity index (χ2v) is 33.1. The number of hydrogen-bond acceptors (Lipinski definition) is 25. The van der Waals surface area contributed by atoms with Crippen LogP contribution < -0.4 is 40.9 Å². The third-order valence-electron chi connectivity index (χ3n) is 24.3. The molecule has 4 aromatic heterocycles. The molecule has 0 saturated carbocycles. The maximum atomic E-state index is 12.8. The molecule has 29 heteroatoms. The molecule has 0 radical (unpaired) electrons. The zero-order valence-corrected chi connectivity index (χ0v) is 66.9. The van der Waals surface area contributed by atoms with Gasteiger partial charge in [-0.1, -0.05) is 49.5 Å². The van der Waals surface area contributed by atoms with Crippen molar-refractivity contribution < 1.29 is 23.9 Å². The van der Waals surface area contributed by atoms with Crippen molar-refractivity contribution in [1.82, 2.24) is 80.7 Å². The number of aromatic nitrogens is 8. The molecule has 2 unspecified atom stereocenters. The molecule has 4 N–H and O–H groups in total. The molecule has 8 aliphatic heterocycles. The molecule has 16 rings (SSSR count). The van der Waals surface area contributed by atoms with E-state index < -0.39 is 0 Å². The summed E-state index contributed by atoms with van der Waals surface area (Å²) in [4.78, 5) is 104. The fourth-order valence-electron chi connectivity index (χ4n) is 17.6. The number of benzene rings is 4. The number of amides is 4. The summed E-state index contributed by atoms with van der Waals surface area (Å²) in [5.74, 6) is 2.81. The predicted molar refractivity (Wildman–Crippen MR) is 451 cm³/mol. The van der Waals surface area contributed by atoms with Gasteiger partial charge in [-0.25, -0.2) is 0 Å². The minimum absolute atomic E-state index is 0. The number of carbonyl (C=O) groups excluding carboxylic acids is 4. The van der Waals surface area contributed by atoms with Crippen LogP contribution in [0.5, 0.6) is 0 Å². The van der Waals surface area contributed by atoms with Crippen molar-refractivity contribution in [3.8, 4) is 24.3 Å². The monoisotopic (exact) mass is 1570 g/mol. The molecule has 0 bridgehead atoms. The Balaban J connectivity index is 0.000000151. The first-order chi connectivity index (χ1) is 55.1. The summed E-state index contributed by atoms with van der Waals surface area (Å²) in [6, 6.07) is 24.2. The summed E-state index contributed by atoms with van der Waals surface area (Å²) in [6.45, 7) is 26.9. The zero-order chi connectivity index (χ0) is 80.2. The van der Waals surface area contributed by atoms with Crippen LogP contribution in [0.4, 0.5) is 22.7 Å². The first-order valence-corrected chi connectivity index (χ1v) is 40.2. The number of piperidine rings is 1. The second-order valence-electron chi connectivity index (χ2n) is 33.1. The van der Waals surface area contributed by atoms with Crippen molar-refractivity contribution in [3.05, 3.63) is 120 Å². The fraction of sp³-hybridized carbons (Fsp3) is 0.540. The van der Waals surface area contributed by atoms with Crippen LogP contribution in [0.2, 0.25) is 0 Å². The summed E-state index contributed by atoms with van der Waals surface area (Å²) in [6.07, 6.45) is 19.2. The van der Waals surface area contributed by atoms with Crippen LogP contribution in [0.1, 0.15) is 117 Å². The van der Waals surface area contributed by atoms with Crippen molar-refractivity contribution in [2.75, 3.05) is 165 Å². The average molecular weight is 1580 g/mol. The van der Waals surface area contributed by atoms with Gasteiger partial charge in [0.1, 0.15) is 68.4 Å². The van der Waals surface area contributed by atoms with Crippen molar-refractivity contribution in [1.29, 1.82) is 21.0 Å². The fourth-order valence-corrected chi connectivity index (χ4v) is 17.6. The largest absolute Gasteiger partial charge is 0.379 e. The highest BCUT2D eigenvalue weighted by atomic mass is 16.5. The molecular weight excluding hydrogens is 1460 g/mol. The Hall–Kier alpha value is -10.9. The number of hydrogen-bond donors (Lipinski definition) is 4. The van der Waals surface area contributed by atoms with Gasteiger partial charge in [0.15, 0.2) is 0 Å². The van der Waals surface area contributed by atoms with Crippen LogP contribution >= 0.6 is 0 Å². The Morgan fingerprint density at radius 3 is 0.983 bits per heavy atom. The quantitative estimate of drug-likeness (QED) is 0.0708. The van der Waals surface area contributed by atoms with Gasteiger partial charge in [0, 0.05) is 147 Å². The van der Waals surface area contributed by atoms with Gasteiger partial charge in [0.2, 0.25) is 23.6 Å². The summed E-state index contributed by atoms with van der Waals surface area (Å²) < 4.78 is 5.34. The number of morpholine rings is 1. The Labute approximate surface area is 682 Å². The highest BCUT2D eigenvalue weighted by molar-refractivity contribution is 5.95. The highest BCUT2D eigenvalue weighted by Gasteiger charge is 2.39. The van der Waals surface area contributed by atoms with E-state index in [1.54, 1.807) is 67.8 Å². The topological polar surface area (TPSA) is 350 Å². The molecule has 8 fully saturated rings. The summed E-state index contributed by atoms with van der Waals surface area (Å²) in [5, 5.41) is 50.3. The normalized spacial score (nSPS) is 23.9. The molecule has 12 heterocycles. The van der Waals surface area contributed by atoms with E-state index in [9.17, 15) is 40.2 Å². The molecule has 8 saturated heterocycles. The van der Waals surface area contributed by atoms with Gasteiger partial charge < -0.3 is 60.3 Å². The van der Waals surface area contributed by atoms with E-state index in [2.05, 4.69) is 180 Å². The lowest BCUT2D eigenvalue weighted by molar-refractivity contribution is -0.125. The molecule has 0 aliphatic carbocycles. The van der Waals surface area contributed by atoms with Crippen LogP contribution in [-0.2, 0) is 23.9 Å². The van der Waals surface area contributed by atoms with Gasteiger partial charge in [0.05, 0.1) is 88.9 Å². The van der Waals surface area contributed by atoms with E-state index >= 15 is 0 Å². The molecule has 0 spiro atoms. The SMILES string of the molecule is C.C.C[C@@H]1CN(c2ccc(C#N)c3nccnc23)C[C@@H]1NC(=O)CC1(C)CCN(C)CC1.C[C@@H]1CN(c2ccc(C#N)c3nccnc23)C[C@@H]1NC(=O)CC1CCN(C)C1.C[C@@H]1CN(c2ccc(C#N)c3nccnc23)C[C@@H]1NC(=O)CC1CCN(C)C1.C[C@@H]1CN(c2ccc(C#N)c3nccnc23)C[C@@H]1NC(=O)CN1CCOCC1. The van der Waals surface area contributed by atoms with Gasteiger partial charge in [-0.3, -0.25) is 63.9 Å². The number of nitriles is 4. The van der Waals surface area contributed by atoms with Crippen molar-refractivity contribution in [3.63, 3.8) is 0 Å². The van der Waals surface area contributed by atoms with Gasteiger partial charge in [-0.05, 0) is 162 Å². The van der Waals surface area contributed by atoms with Crippen LogP contribution in [0.3, 0.4) is 0 Å². The van der Waals surface area contributed by atoms with Crippen molar-refractivity contribution in [2.45, 2.75) is 119 Å². The molecule has 10 atom stereocenters. The van der Waals surface area contributed by atoms with Crippen LogP contribution in [0.15, 0.2) is 98.1 Å². The number of carbonyl (C=O) groups is 4. The molecular formula is C87H114N24O5. The van der Waals surface area contributed by atoms with E-state index in [-0.39, 0.29) is 68.1 Å². The maximum absolute atomic E-state index is 12.8. The molecule has 4 aromatic carbocycles. The highest BCUT2D eigenvalue weighted by Crippen LogP contribution is 2.38. The van der Waals surface area contributed by atoms with Crippen LogP contribution in [0.25, 0.3) is 44.1 Å². The Morgan fingerprint density at radius 1 is 0.397 bits per heavy atom. The van der Waals surface area contributed by atoms with Crippen LogP contribution in [0, 0.1) is 86.2 Å². The van der Waals surface area contributed by atoms with Gasteiger partial charge in [-0.2, -0.15) is 21.0 Å². The molecule has 612 valence electrons. The van der Waals surface area contributed by atoms with E-state index in [0.717, 1.165) is 169 Å². The lowest BCUT2D eigenvalue weighted by Gasteiger charge is -2.37. The minimum atomic E-state index is 0. The predicted octanol–water partition coefficient (Wildman–Crippen LogP) is 8.18. The Kier molecular flexibility index (Phi) is 29.0. The maximum Gasteiger partial charge on any atom is 0.234 e. The summed E-state index contributed by atoms with van der Waals surface area (Å²) >= 11 is 0. The Morgan fingerprint density at radius 2 is 0.690 bits per heavy atom. The number of nitrogens with zero attached hydrogens (tertiary/aromatic N) is 20. The zero-order valence-electron chi connectivity index (χ0n) is 66.9. The third-order valence-corrected chi connectivity index (χ3v) is 24.3. The molecule has 8 aromatic rings. The summed E-state index contributed by atoms with van der Waals surface area (Å²) in [5.41, 5.74) is 11.6. The van der Waals surface area contributed by atoms with E-state index in [4.69, 9.17) is 4.74 Å². The molecule has 29 nitrogen and oxygen atoms in total. The molecule has 4 amide bonds. The average Bonchev–Trinajstić information content (AvgIpc) is 1.56. The standard InChI is InChI=1S/C23H30N6O.2C21H26N6O.C20H24N6O2.2CH4/c1-16-14-29(19-5-4-17(13-24)21-22(19)26-9-8-25-21)15-18(16)27-20(30)12-23(2)6-10-28(3)11-7-23;2*1-14-11-27(13-17(14)25-19(28)9-15-5-8-26(2)12-15)18-4-3-16(10-22)20-21(18)24-7-6-23-20;1-14-11-26(12-16(14)24-18(27)13-25-6-8-28-9-7-25)17-3-2-15(10-21)19-20(17)23-5-4-22-19;;/h4-5,8-9,16,18H,6-7,10-12,14-15H2,1-3H3,(H,27,30);2*3-4,6-7,14-15,17H,5,8-9,11-13H2,1-2H3,(H,25,28);2-5,14,16H,6-9,11-13H2,1H3,(H,24,27);2*1H4/t16-,18+;2*14-,15?,17+;14-,16+;;/m1111../s1. The number of fused-ring (bicyclic) bond motifs is 4. The van der Waals surface area contributed by atoms with Crippen LogP contribution in [-0.4, -0.2) is 253 Å². The number of nitrogens with one attached hydrogen (secondary N) is 4. The van der Waals surface area contributed by atoms with E-state index in [1.807, 2.05) is 30.3 Å². The first kappa shape index (κ1) is 86.0. The number of rotatable bonds is 16. The molecule has 116 heavy (non-hydrogen) atoms. The lowest BCUT2D eigenvalue weighted by Crippen LogP contribution is -2.47. The van der Waals surface area contributed by atoms with Crippen molar-refractivity contribution in [2.24, 2.45) is 40.9 Å². The number of likely N-dealkylation sites (tertiary alicyclic amines) is 3. The first-order valence-electron chi connectivity index (χ1n) is 40.2.